The molecule has 0 bridgehead atoms. The van der Waals surface area contributed by atoms with Crippen LogP contribution in [0.3, 0.4) is 0 Å². The third-order valence-corrected chi connectivity index (χ3v) is 4.81. The first-order chi connectivity index (χ1) is 8.50. The van der Waals surface area contributed by atoms with E-state index in [1.807, 2.05) is 6.92 Å². The van der Waals surface area contributed by atoms with E-state index < -0.39 is 12.0 Å². The molecule has 3 aliphatic rings. The van der Waals surface area contributed by atoms with E-state index in [1.165, 1.54) is 0 Å². The largest absolute Gasteiger partial charge is 0.480 e. The standard InChI is InChI=1S/C13H20N2O3/c1-13(5-6-13)14-12(18)15-7-8-3-2-4-9(8)10(15)11(16)17/h8-10H,2-7H2,1H3,(H,14,18)(H,16,17). The number of hydrogen-bond donors (Lipinski definition) is 2. The summed E-state index contributed by atoms with van der Waals surface area (Å²) < 4.78 is 0. The van der Waals surface area contributed by atoms with Gasteiger partial charge in [0.25, 0.3) is 0 Å². The summed E-state index contributed by atoms with van der Waals surface area (Å²) in [6.07, 6.45) is 5.11. The van der Waals surface area contributed by atoms with Gasteiger partial charge in [0.2, 0.25) is 0 Å². The van der Waals surface area contributed by atoms with E-state index in [-0.39, 0.29) is 17.5 Å². The summed E-state index contributed by atoms with van der Waals surface area (Å²) in [5.41, 5.74) is -0.0855. The molecular weight excluding hydrogens is 232 g/mol. The highest BCUT2D eigenvalue weighted by atomic mass is 16.4. The summed E-state index contributed by atoms with van der Waals surface area (Å²) in [4.78, 5) is 25.2. The Morgan fingerprint density at radius 1 is 1.33 bits per heavy atom. The Morgan fingerprint density at radius 2 is 2.06 bits per heavy atom. The van der Waals surface area contributed by atoms with Crippen molar-refractivity contribution in [2.45, 2.75) is 50.6 Å². The highest BCUT2D eigenvalue weighted by Gasteiger charge is 2.51. The second-order valence-electron chi connectivity index (χ2n) is 6.28. The predicted molar refractivity (Wildman–Crippen MR) is 65.1 cm³/mol. The van der Waals surface area contributed by atoms with Crippen molar-refractivity contribution in [3.8, 4) is 0 Å². The molecule has 5 heteroatoms. The van der Waals surface area contributed by atoms with Crippen LogP contribution in [0.1, 0.15) is 39.0 Å². The first kappa shape index (κ1) is 11.8. The van der Waals surface area contributed by atoms with Crippen LogP contribution in [0, 0.1) is 11.8 Å². The Kier molecular flexibility index (Phi) is 2.54. The summed E-state index contributed by atoms with van der Waals surface area (Å²) in [5.74, 6) is -0.287. The molecule has 1 saturated heterocycles. The maximum atomic E-state index is 12.2. The van der Waals surface area contributed by atoms with Crippen molar-refractivity contribution in [2.75, 3.05) is 6.54 Å². The van der Waals surface area contributed by atoms with E-state index in [4.69, 9.17) is 0 Å². The molecule has 3 fully saturated rings. The number of rotatable bonds is 2. The lowest BCUT2D eigenvalue weighted by Gasteiger charge is -2.26. The number of hydrogen-bond acceptors (Lipinski definition) is 2. The zero-order valence-corrected chi connectivity index (χ0v) is 10.7. The lowest BCUT2D eigenvalue weighted by atomic mass is 9.94. The van der Waals surface area contributed by atoms with Crippen molar-refractivity contribution in [1.29, 1.82) is 0 Å². The maximum absolute atomic E-state index is 12.2. The first-order valence-corrected chi connectivity index (χ1v) is 6.82. The summed E-state index contributed by atoms with van der Waals surface area (Å²) in [7, 11) is 0. The van der Waals surface area contributed by atoms with Gasteiger partial charge in [-0.3, -0.25) is 0 Å². The van der Waals surface area contributed by atoms with Gasteiger partial charge in [-0.25, -0.2) is 9.59 Å². The smallest absolute Gasteiger partial charge is 0.326 e. The van der Waals surface area contributed by atoms with Crippen molar-refractivity contribution in [3.63, 3.8) is 0 Å². The molecular formula is C13H20N2O3. The highest BCUT2D eigenvalue weighted by Crippen LogP contribution is 2.43. The highest BCUT2D eigenvalue weighted by molar-refractivity contribution is 5.84. The average Bonchev–Trinajstić information content (AvgIpc) is 2.75. The zero-order valence-electron chi connectivity index (χ0n) is 10.7. The molecule has 100 valence electrons. The lowest BCUT2D eigenvalue weighted by molar-refractivity contribution is -0.142. The number of carbonyl (C=O) groups excluding carboxylic acids is 1. The average molecular weight is 252 g/mol. The minimum absolute atomic E-state index is 0.0855. The molecule has 5 nitrogen and oxygen atoms in total. The van der Waals surface area contributed by atoms with Gasteiger partial charge in [0.05, 0.1) is 0 Å². The Labute approximate surface area is 107 Å². The Hall–Kier alpha value is -1.26. The predicted octanol–water partition coefficient (Wildman–Crippen LogP) is 1.43. The second kappa shape index (κ2) is 3.87. The SMILES string of the molecule is CC1(NC(=O)N2CC3CCCC3C2C(=O)O)CC1. The van der Waals surface area contributed by atoms with Crippen LogP contribution in [0.5, 0.6) is 0 Å². The molecule has 1 heterocycles. The summed E-state index contributed by atoms with van der Waals surface area (Å²) >= 11 is 0. The number of carboxylic acid groups (broad SMARTS) is 1. The lowest BCUT2D eigenvalue weighted by Crippen LogP contribution is -2.50. The van der Waals surface area contributed by atoms with Crippen molar-refractivity contribution >= 4 is 12.0 Å². The Balaban J connectivity index is 1.74. The second-order valence-corrected chi connectivity index (χ2v) is 6.28. The molecule has 3 unspecified atom stereocenters. The normalized spacial score (nSPS) is 36.3. The molecule has 2 saturated carbocycles. The van der Waals surface area contributed by atoms with Crippen molar-refractivity contribution in [3.05, 3.63) is 0 Å². The fourth-order valence-electron chi connectivity index (χ4n) is 3.47. The van der Waals surface area contributed by atoms with E-state index in [9.17, 15) is 14.7 Å². The van der Waals surface area contributed by atoms with Gasteiger partial charge < -0.3 is 15.3 Å². The van der Waals surface area contributed by atoms with Crippen LogP contribution >= 0.6 is 0 Å². The van der Waals surface area contributed by atoms with Crippen LogP contribution in [0.15, 0.2) is 0 Å². The molecule has 0 aromatic rings. The fraction of sp³-hybridized carbons (Fsp3) is 0.846. The summed E-state index contributed by atoms with van der Waals surface area (Å²) in [6.45, 7) is 2.63. The van der Waals surface area contributed by atoms with Gasteiger partial charge in [-0.15, -0.1) is 0 Å². The topological polar surface area (TPSA) is 69.6 Å². The third-order valence-electron chi connectivity index (χ3n) is 4.81. The minimum Gasteiger partial charge on any atom is -0.480 e. The number of carbonyl (C=O) groups is 2. The molecule has 0 radical (unpaired) electrons. The first-order valence-electron chi connectivity index (χ1n) is 6.82. The van der Waals surface area contributed by atoms with Crippen LogP contribution in [-0.4, -0.2) is 40.1 Å². The van der Waals surface area contributed by atoms with Crippen LogP contribution in [0.4, 0.5) is 4.79 Å². The number of amides is 2. The van der Waals surface area contributed by atoms with Gasteiger partial charge in [0.1, 0.15) is 6.04 Å². The molecule has 2 amide bonds. The molecule has 18 heavy (non-hydrogen) atoms. The molecule has 2 N–H and O–H groups in total. The third kappa shape index (κ3) is 1.85. The number of nitrogens with zero attached hydrogens (tertiary/aromatic N) is 1. The molecule has 0 spiro atoms. The number of carboxylic acids is 1. The van der Waals surface area contributed by atoms with Gasteiger partial charge in [0.15, 0.2) is 0 Å². The van der Waals surface area contributed by atoms with Crippen LogP contribution < -0.4 is 5.32 Å². The van der Waals surface area contributed by atoms with Gasteiger partial charge in [-0.05, 0) is 44.4 Å². The number of nitrogens with one attached hydrogen (secondary N) is 1. The Morgan fingerprint density at radius 3 is 2.67 bits per heavy atom. The van der Waals surface area contributed by atoms with E-state index >= 15 is 0 Å². The Bertz CT molecular complexity index is 392. The van der Waals surface area contributed by atoms with Crippen LogP contribution in [0.2, 0.25) is 0 Å². The van der Waals surface area contributed by atoms with Gasteiger partial charge >= 0.3 is 12.0 Å². The van der Waals surface area contributed by atoms with Gasteiger partial charge in [-0.1, -0.05) is 6.42 Å². The maximum Gasteiger partial charge on any atom is 0.326 e. The summed E-state index contributed by atoms with van der Waals surface area (Å²) in [6, 6.07) is -0.795. The van der Waals surface area contributed by atoms with Crippen molar-refractivity contribution in [1.82, 2.24) is 10.2 Å². The molecule has 0 aromatic carbocycles. The quantitative estimate of drug-likeness (QED) is 0.781. The van der Waals surface area contributed by atoms with E-state index in [0.717, 1.165) is 32.1 Å². The molecule has 3 rings (SSSR count). The monoisotopic (exact) mass is 252 g/mol. The molecule has 2 aliphatic carbocycles. The number of urea groups is 1. The van der Waals surface area contributed by atoms with Gasteiger partial charge in [-0.2, -0.15) is 0 Å². The minimum atomic E-state index is -0.847. The van der Waals surface area contributed by atoms with Crippen LogP contribution in [0.25, 0.3) is 0 Å². The van der Waals surface area contributed by atoms with Crippen molar-refractivity contribution < 1.29 is 14.7 Å². The molecule has 0 aromatic heterocycles. The summed E-state index contributed by atoms with van der Waals surface area (Å²) in [5, 5.41) is 12.3. The molecule has 1 aliphatic heterocycles. The van der Waals surface area contributed by atoms with Crippen LogP contribution in [-0.2, 0) is 4.79 Å². The zero-order chi connectivity index (χ0) is 12.9. The number of likely N-dealkylation sites (tertiary alicyclic amines) is 1. The number of aliphatic carboxylic acids is 1. The van der Waals surface area contributed by atoms with E-state index in [1.54, 1.807) is 4.90 Å². The van der Waals surface area contributed by atoms with Crippen molar-refractivity contribution in [2.24, 2.45) is 11.8 Å². The molecule has 3 atom stereocenters. The van der Waals surface area contributed by atoms with Gasteiger partial charge in [0, 0.05) is 12.1 Å². The van der Waals surface area contributed by atoms with E-state index in [0.29, 0.717) is 12.5 Å². The number of fused-ring (bicyclic) bond motifs is 1. The van der Waals surface area contributed by atoms with E-state index in [2.05, 4.69) is 5.32 Å². The fourth-order valence-corrected chi connectivity index (χ4v) is 3.47.